The van der Waals surface area contributed by atoms with Crippen molar-refractivity contribution in [3.05, 3.63) is 0 Å². The summed E-state index contributed by atoms with van der Waals surface area (Å²) in [6.45, 7) is 0.223. The molecular formula is C6H11NaO6S. The Labute approximate surface area is 105 Å². The van der Waals surface area contributed by atoms with E-state index in [9.17, 15) is 17.8 Å². The average Bonchev–Trinajstić information content (AvgIpc) is 2.01. The molecule has 78 valence electrons. The third-order valence-electron chi connectivity index (χ3n) is 1.04. The van der Waals surface area contributed by atoms with Gasteiger partial charge in [0.25, 0.3) is 0 Å². The van der Waals surface area contributed by atoms with Crippen LogP contribution in [0.1, 0.15) is 0 Å². The van der Waals surface area contributed by atoms with Gasteiger partial charge in [-0.15, -0.1) is 0 Å². The molecule has 0 fully saturated rings. The van der Waals surface area contributed by atoms with E-state index in [1.807, 2.05) is 0 Å². The molecule has 0 aromatic heterocycles. The van der Waals surface area contributed by atoms with Crippen molar-refractivity contribution in [2.45, 2.75) is 0 Å². The minimum atomic E-state index is -4.19. The van der Waals surface area contributed by atoms with E-state index in [2.05, 4.69) is 0 Å². The van der Waals surface area contributed by atoms with Gasteiger partial charge in [-0.2, -0.15) is 0 Å². The molecule has 6 nitrogen and oxygen atoms in total. The van der Waals surface area contributed by atoms with Crippen LogP contribution in [0.25, 0.3) is 0 Å². The molecule has 0 atom stereocenters. The molecule has 0 aliphatic heterocycles. The first-order valence-corrected chi connectivity index (χ1v) is 5.16. The second-order valence-electron chi connectivity index (χ2n) is 2.12. The molecule has 0 bridgehead atoms. The molecule has 0 aliphatic carbocycles. The molecule has 0 aromatic carbocycles. The molecule has 0 amide bonds. The Morgan fingerprint density at radius 1 is 1.14 bits per heavy atom. The Hall–Kier alpha value is 0.500. The summed E-state index contributed by atoms with van der Waals surface area (Å²) in [5.41, 5.74) is 0. The van der Waals surface area contributed by atoms with Gasteiger partial charge in [-0.3, -0.25) is 0 Å². The SMILES string of the molecule is O=CCOCCOCCS(=O)(=O)[O-].[Na+]. The Kier molecular flexibility index (Phi) is 12.1. The van der Waals surface area contributed by atoms with Gasteiger partial charge >= 0.3 is 29.6 Å². The van der Waals surface area contributed by atoms with Gasteiger partial charge < -0.3 is 18.8 Å². The predicted molar refractivity (Wildman–Crippen MR) is 42.3 cm³/mol. The molecule has 0 unspecified atom stereocenters. The fraction of sp³-hybridized carbons (Fsp3) is 0.833. The summed E-state index contributed by atoms with van der Waals surface area (Å²) < 4.78 is 39.6. The fourth-order valence-electron chi connectivity index (χ4n) is 0.512. The Morgan fingerprint density at radius 3 is 2.21 bits per heavy atom. The molecule has 0 heterocycles. The van der Waals surface area contributed by atoms with E-state index in [0.29, 0.717) is 6.29 Å². The Bertz CT molecular complexity index is 226. The van der Waals surface area contributed by atoms with Crippen LogP contribution in [0.15, 0.2) is 0 Å². The van der Waals surface area contributed by atoms with Gasteiger partial charge in [-0.1, -0.05) is 0 Å². The van der Waals surface area contributed by atoms with Crippen molar-refractivity contribution in [3.63, 3.8) is 0 Å². The molecule has 0 radical (unpaired) electrons. The summed E-state index contributed by atoms with van der Waals surface area (Å²) in [6.07, 6.45) is 0.599. The summed E-state index contributed by atoms with van der Waals surface area (Å²) >= 11 is 0. The van der Waals surface area contributed by atoms with Gasteiger partial charge in [0.1, 0.15) is 12.9 Å². The summed E-state index contributed by atoms with van der Waals surface area (Å²) in [5, 5.41) is 0. The second kappa shape index (κ2) is 10.0. The predicted octanol–water partition coefficient (Wildman–Crippen LogP) is -4.23. The number of aldehydes is 1. The summed E-state index contributed by atoms with van der Waals surface area (Å²) in [7, 11) is -4.19. The van der Waals surface area contributed by atoms with Crippen LogP contribution in [0.3, 0.4) is 0 Å². The normalized spacial score (nSPS) is 10.6. The van der Waals surface area contributed by atoms with Crippen LogP contribution in [-0.2, 0) is 24.4 Å². The molecule has 0 rings (SSSR count). The van der Waals surface area contributed by atoms with Crippen LogP contribution < -0.4 is 29.6 Å². The Balaban J connectivity index is 0. The maximum absolute atomic E-state index is 10.1. The van der Waals surface area contributed by atoms with Crippen molar-refractivity contribution in [2.24, 2.45) is 0 Å². The molecular weight excluding hydrogens is 223 g/mol. The van der Waals surface area contributed by atoms with Gasteiger partial charge in [0.05, 0.1) is 35.7 Å². The van der Waals surface area contributed by atoms with E-state index in [-0.39, 0.29) is 56.0 Å². The average molecular weight is 234 g/mol. The van der Waals surface area contributed by atoms with Gasteiger partial charge in [0, 0.05) is 0 Å². The maximum atomic E-state index is 10.1. The van der Waals surface area contributed by atoms with Crippen molar-refractivity contribution < 1.29 is 56.8 Å². The first-order valence-electron chi connectivity index (χ1n) is 3.59. The standard InChI is InChI=1S/C6H12O6S.Na/c7-1-2-11-3-4-12-5-6-13(8,9)10;/h1H,2-6H2,(H,8,9,10);/q;+1/p-1. The molecule has 0 aliphatic rings. The molecule has 8 heteroatoms. The van der Waals surface area contributed by atoms with Crippen molar-refractivity contribution in [3.8, 4) is 0 Å². The van der Waals surface area contributed by atoms with Crippen molar-refractivity contribution in [1.29, 1.82) is 0 Å². The number of carbonyl (C=O) groups is 1. The number of rotatable bonds is 8. The van der Waals surface area contributed by atoms with Gasteiger partial charge in [-0.25, -0.2) is 8.42 Å². The summed E-state index contributed by atoms with van der Waals surface area (Å²) in [5.74, 6) is -0.541. The van der Waals surface area contributed by atoms with E-state index in [4.69, 9.17) is 9.47 Å². The van der Waals surface area contributed by atoms with Crippen LogP contribution in [0, 0.1) is 0 Å². The first kappa shape index (κ1) is 16.9. The molecule has 0 aromatic rings. The quantitative estimate of drug-likeness (QED) is 0.183. The van der Waals surface area contributed by atoms with Crippen molar-refractivity contribution in [2.75, 3.05) is 32.2 Å². The van der Waals surface area contributed by atoms with Gasteiger partial charge in [0.15, 0.2) is 0 Å². The van der Waals surface area contributed by atoms with Crippen LogP contribution >= 0.6 is 0 Å². The zero-order valence-electron chi connectivity index (χ0n) is 7.97. The molecule has 0 saturated heterocycles. The number of hydrogen-bond acceptors (Lipinski definition) is 6. The number of hydrogen-bond donors (Lipinski definition) is 0. The van der Waals surface area contributed by atoms with E-state index in [1.54, 1.807) is 0 Å². The number of ether oxygens (including phenoxy) is 2. The van der Waals surface area contributed by atoms with E-state index in [0.717, 1.165) is 0 Å². The fourth-order valence-corrected chi connectivity index (χ4v) is 0.834. The number of carbonyl (C=O) groups excluding carboxylic acids is 1. The smallest absolute Gasteiger partial charge is 0.748 e. The zero-order chi connectivity index (χ0) is 10.2. The molecule has 0 saturated carbocycles. The largest absolute Gasteiger partial charge is 1.00 e. The molecule has 14 heavy (non-hydrogen) atoms. The van der Waals surface area contributed by atoms with Crippen LogP contribution in [0.2, 0.25) is 0 Å². The topological polar surface area (TPSA) is 92.7 Å². The van der Waals surface area contributed by atoms with Crippen LogP contribution in [0.5, 0.6) is 0 Å². The summed E-state index contributed by atoms with van der Waals surface area (Å²) in [4.78, 5) is 9.74. The van der Waals surface area contributed by atoms with Crippen LogP contribution in [-0.4, -0.2) is 51.4 Å². The monoisotopic (exact) mass is 234 g/mol. The maximum Gasteiger partial charge on any atom is 1.00 e. The van der Waals surface area contributed by atoms with Gasteiger partial charge in [-0.05, 0) is 0 Å². The van der Waals surface area contributed by atoms with Gasteiger partial charge in [0.2, 0.25) is 0 Å². The van der Waals surface area contributed by atoms with Crippen molar-refractivity contribution >= 4 is 16.4 Å². The van der Waals surface area contributed by atoms with E-state index in [1.165, 1.54) is 0 Å². The molecule has 0 spiro atoms. The minimum Gasteiger partial charge on any atom is -0.748 e. The molecule has 0 N–H and O–H groups in total. The first-order chi connectivity index (χ1) is 6.06. The van der Waals surface area contributed by atoms with Crippen LogP contribution in [0.4, 0.5) is 0 Å². The van der Waals surface area contributed by atoms with E-state index >= 15 is 0 Å². The summed E-state index contributed by atoms with van der Waals surface area (Å²) in [6, 6.07) is 0. The Morgan fingerprint density at radius 2 is 1.71 bits per heavy atom. The third kappa shape index (κ3) is 15.0. The minimum absolute atomic E-state index is 0. The second-order valence-corrected chi connectivity index (χ2v) is 3.64. The van der Waals surface area contributed by atoms with E-state index < -0.39 is 15.9 Å². The zero-order valence-corrected chi connectivity index (χ0v) is 10.8. The van der Waals surface area contributed by atoms with Crippen molar-refractivity contribution in [1.82, 2.24) is 0 Å². The third-order valence-corrected chi connectivity index (χ3v) is 1.70.